The lowest BCUT2D eigenvalue weighted by Gasteiger charge is -2.13. The summed E-state index contributed by atoms with van der Waals surface area (Å²) >= 11 is 13.7. The molecule has 140 valence electrons. The van der Waals surface area contributed by atoms with Gasteiger partial charge in [0.2, 0.25) is 0 Å². The fraction of sp³-hybridized carbons (Fsp3) is 0.211. The van der Waals surface area contributed by atoms with E-state index >= 15 is 0 Å². The Kier molecular flexibility index (Phi) is 6.09. The fourth-order valence-corrected chi connectivity index (χ4v) is 4.53. The van der Waals surface area contributed by atoms with E-state index in [9.17, 15) is 9.90 Å². The number of hydrogen-bond acceptors (Lipinski definition) is 4. The van der Waals surface area contributed by atoms with E-state index in [0.29, 0.717) is 22.0 Å². The lowest BCUT2D eigenvalue weighted by molar-refractivity contribution is 0.0688. The van der Waals surface area contributed by atoms with Crippen LogP contribution in [0.15, 0.2) is 52.6 Å². The molecule has 0 saturated heterocycles. The molecule has 0 fully saturated rings. The van der Waals surface area contributed by atoms with E-state index in [4.69, 9.17) is 23.2 Å². The van der Waals surface area contributed by atoms with Gasteiger partial charge in [0, 0.05) is 45.4 Å². The van der Waals surface area contributed by atoms with Gasteiger partial charge in [0.25, 0.3) is 0 Å². The Morgan fingerprint density at radius 3 is 2.37 bits per heavy atom. The van der Waals surface area contributed by atoms with Crippen molar-refractivity contribution in [2.75, 3.05) is 0 Å². The van der Waals surface area contributed by atoms with Crippen LogP contribution in [0, 0.1) is 0 Å². The molecule has 0 aliphatic rings. The number of carboxylic acids is 1. The molecular formula is C19H17Cl2N3O2S. The predicted octanol–water partition coefficient (Wildman–Crippen LogP) is 5.61. The molecule has 0 bridgehead atoms. The quantitative estimate of drug-likeness (QED) is 0.560. The monoisotopic (exact) mass is 421 g/mol. The fourth-order valence-electron chi connectivity index (χ4n) is 2.65. The van der Waals surface area contributed by atoms with Crippen LogP contribution < -0.4 is 0 Å². The van der Waals surface area contributed by atoms with E-state index in [2.05, 4.69) is 10.1 Å². The number of aromatic carboxylic acids is 1. The average molecular weight is 422 g/mol. The minimum absolute atomic E-state index is 0.00792. The molecule has 0 unspecified atom stereocenters. The molecule has 0 atom stereocenters. The molecule has 0 saturated carbocycles. The Morgan fingerprint density at radius 1 is 1.19 bits per heavy atom. The van der Waals surface area contributed by atoms with Crippen LogP contribution in [-0.4, -0.2) is 25.8 Å². The maximum atomic E-state index is 11.8. The normalized spacial score (nSPS) is 11.1. The highest BCUT2D eigenvalue weighted by Gasteiger charge is 2.25. The van der Waals surface area contributed by atoms with Crippen LogP contribution in [0.3, 0.4) is 0 Å². The standard InChI is InChI=1S/C19H17Cl2N3O2S/c1-11(2)24-18(27-15-9-13(20)8-14(21)10-15)16(17(23-24)19(25)26)7-12-3-5-22-6-4-12/h3-6,8-11H,7H2,1-2H3,(H,25,26). The third kappa shape index (κ3) is 4.64. The minimum Gasteiger partial charge on any atom is -0.476 e. The summed E-state index contributed by atoms with van der Waals surface area (Å²) in [7, 11) is 0. The van der Waals surface area contributed by atoms with Gasteiger partial charge >= 0.3 is 5.97 Å². The third-order valence-corrected chi connectivity index (χ3v) is 5.37. The molecule has 0 amide bonds. The van der Waals surface area contributed by atoms with Crippen molar-refractivity contribution in [1.82, 2.24) is 14.8 Å². The van der Waals surface area contributed by atoms with Crippen LogP contribution >= 0.6 is 35.0 Å². The summed E-state index contributed by atoms with van der Waals surface area (Å²) in [6.45, 7) is 3.92. The summed E-state index contributed by atoms with van der Waals surface area (Å²) in [4.78, 5) is 16.7. The first-order valence-electron chi connectivity index (χ1n) is 8.22. The molecule has 0 aliphatic heterocycles. The molecule has 8 heteroatoms. The SMILES string of the molecule is CC(C)n1nc(C(=O)O)c(Cc2ccncc2)c1Sc1cc(Cl)cc(Cl)c1. The van der Waals surface area contributed by atoms with Gasteiger partial charge in [-0.2, -0.15) is 5.10 Å². The van der Waals surface area contributed by atoms with E-state index < -0.39 is 5.97 Å². The van der Waals surface area contributed by atoms with Crippen molar-refractivity contribution in [2.24, 2.45) is 0 Å². The Bertz CT molecular complexity index is 954. The second-order valence-corrected chi connectivity index (χ2v) is 8.15. The Hall–Kier alpha value is -2.02. The summed E-state index contributed by atoms with van der Waals surface area (Å²) in [5.41, 5.74) is 1.67. The summed E-state index contributed by atoms with van der Waals surface area (Å²) in [6, 6.07) is 8.98. The zero-order valence-corrected chi connectivity index (χ0v) is 17.0. The highest BCUT2D eigenvalue weighted by Crippen LogP contribution is 2.37. The van der Waals surface area contributed by atoms with Gasteiger partial charge in [-0.25, -0.2) is 4.79 Å². The molecule has 3 rings (SSSR count). The summed E-state index contributed by atoms with van der Waals surface area (Å²) in [6.07, 6.45) is 3.81. The number of hydrogen-bond donors (Lipinski definition) is 1. The zero-order chi connectivity index (χ0) is 19.6. The van der Waals surface area contributed by atoms with Crippen molar-refractivity contribution in [3.63, 3.8) is 0 Å². The molecular weight excluding hydrogens is 405 g/mol. The van der Waals surface area contributed by atoms with Gasteiger partial charge in [-0.3, -0.25) is 9.67 Å². The molecule has 27 heavy (non-hydrogen) atoms. The molecule has 2 aromatic heterocycles. The van der Waals surface area contributed by atoms with Crippen molar-refractivity contribution >= 4 is 40.9 Å². The largest absolute Gasteiger partial charge is 0.476 e. The van der Waals surface area contributed by atoms with Crippen LogP contribution in [0.25, 0.3) is 0 Å². The maximum Gasteiger partial charge on any atom is 0.356 e. The van der Waals surface area contributed by atoms with Crippen LogP contribution in [0.1, 0.15) is 41.5 Å². The van der Waals surface area contributed by atoms with Crippen molar-refractivity contribution in [3.8, 4) is 0 Å². The topological polar surface area (TPSA) is 68.0 Å². The van der Waals surface area contributed by atoms with Gasteiger partial charge in [-0.1, -0.05) is 35.0 Å². The number of pyridine rings is 1. The highest BCUT2D eigenvalue weighted by atomic mass is 35.5. The number of aromatic nitrogens is 3. The second kappa shape index (κ2) is 8.33. The van der Waals surface area contributed by atoms with Crippen molar-refractivity contribution in [2.45, 2.75) is 36.2 Å². The summed E-state index contributed by atoms with van der Waals surface area (Å²) in [5.74, 6) is -1.05. The van der Waals surface area contributed by atoms with Gasteiger partial charge < -0.3 is 5.11 Å². The van der Waals surface area contributed by atoms with Gasteiger partial charge in [0.05, 0.1) is 0 Å². The van der Waals surface area contributed by atoms with Gasteiger partial charge in [0.1, 0.15) is 5.03 Å². The van der Waals surface area contributed by atoms with Crippen LogP contribution in [0.2, 0.25) is 10.0 Å². The summed E-state index contributed by atoms with van der Waals surface area (Å²) in [5, 5.41) is 15.8. The molecule has 1 aromatic carbocycles. The molecule has 5 nitrogen and oxygen atoms in total. The first kappa shape index (κ1) is 19.7. The van der Waals surface area contributed by atoms with Gasteiger partial charge in [-0.05, 0) is 49.7 Å². The summed E-state index contributed by atoms with van der Waals surface area (Å²) < 4.78 is 1.74. The van der Waals surface area contributed by atoms with E-state index in [1.807, 2.05) is 26.0 Å². The molecule has 0 radical (unpaired) electrons. The van der Waals surface area contributed by atoms with E-state index in [-0.39, 0.29) is 11.7 Å². The first-order valence-corrected chi connectivity index (χ1v) is 9.80. The van der Waals surface area contributed by atoms with Gasteiger partial charge in [-0.15, -0.1) is 0 Å². The number of rotatable bonds is 6. The van der Waals surface area contributed by atoms with E-state index in [0.717, 1.165) is 15.5 Å². The minimum atomic E-state index is -1.05. The lowest BCUT2D eigenvalue weighted by Crippen LogP contribution is -2.06. The molecule has 1 N–H and O–H groups in total. The third-order valence-electron chi connectivity index (χ3n) is 3.83. The number of carbonyl (C=O) groups is 1. The van der Waals surface area contributed by atoms with E-state index in [1.54, 1.807) is 35.3 Å². The highest BCUT2D eigenvalue weighted by molar-refractivity contribution is 7.99. The van der Waals surface area contributed by atoms with Crippen LogP contribution in [0.5, 0.6) is 0 Å². The molecule has 0 spiro atoms. The number of halogens is 2. The number of carboxylic acid groups (broad SMARTS) is 1. The molecule has 0 aliphatic carbocycles. The van der Waals surface area contributed by atoms with Crippen molar-refractivity contribution in [1.29, 1.82) is 0 Å². The Morgan fingerprint density at radius 2 is 1.81 bits per heavy atom. The van der Waals surface area contributed by atoms with Crippen molar-refractivity contribution < 1.29 is 9.90 Å². The second-order valence-electron chi connectivity index (χ2n) is 6.22. The Balaban J connectivity index is 2.12. The van der Waals surface area contributed by atoms with Crippen LogP contribution in [-0.2, 0) is 6.42 Å². The van der Waals surface area contributed by atoms with Crippen LogP contribution in [0.4, 0.5) is 0 Å². The smallest absolute Gasteiger partial charge is 0.356 e. The average Bonchev–Trinajstić information content (AvgIpc) is 2.94. The molecule has 2 heterocycles. The zero-order valence-electron chi connectivity index (χ0n) is 14.7. The predicted molar refractivity (Wildman–Crippen MR) is 107 cm³/mol. The first-order chi connectivity index (χ1) is 12.8. The number of nitrogens with zero attached hydrogens (tertiary/aromatic N) is 3. The van der Waals surface area contributed by atoms with Gasteiger partial charge in [0.15, 0.2) is 5.69 Å². The number of benzene rings is 1. The van der Waals surface area contributed by atoms with E-state index in [1.165, 1.54) is 11.8 Å². The van der Waals surface area contributed by atoms with Crippen molar-refractivity contribution in [3.05, 3.63) is 69.6 Å². The Labute approximate surface area is 171 Å². The lowest BCUT2D eigenvalue weighted by atomic mass is 10.1. The molecule has 3 aromatic rings. The maximum absolute atomic E-state index is 11.8.